The molecule has 0 saturated heterocycles. The highest BCUT2D eigenvalue weighted by atomic mass is 16.5. The number of carbonyl (C=O) groups is 3. The molecule has 1 heterocycles. The number of carbonyl (C=O) groups excluding carboxylic acids is 3. The van der Waals surface area contributed by atoms with Crippen molar-refractivity contribution in [3.05, 3.63) is 22.5 Å². The van der Waals surface area contributed by atoms with Crippen LogP contribution in [0.25, 0.3) is 0 Å². The lowest BCUT2D eigenvalue weighted by atomic mass is 10.0. The van der Waals surface area contributed by atoms with E-state index in [0.29, 0.717) is 48.7 Å². The summed E-state index contributed by atoms with van der Waals surface area (Å²) in [6.45, 7) is 12.7. The first-order valence-corrected chi connectivity index (χ1v) is 9.89. The first-order chi connectivity index (χ1) is 13.2. The fourth-order valence-corrected chi connectivity index (χ4v) is 3.26. The fraction of sp³-hybridized carbons (Fsp3) is 0.667. The van der Waals surface area contributed by atoms with Gasteiger partial charge in [0.2, 0.25) is 5.91 Å². The molecule has 7 heteroatoms. The van der Waals surface area contributed by atoms with Gasteiger partial charge in [-0.1, -0.05) is 13.8 Å². The van der Waals surface area contributed by atoms with Crippen molar-refractivity contribution in [2.75, 3.05) is 32.9 Å². The maximum absolute atomic E-state index is 13.1. The molecule has 0 saturated carbocycles. The molecule has 0 N–H and O–H groups in total. The number of hydrogen-bond donors (Lipinski definition) is 0. The maximum Gasteiger partial charge on any atom is 0.355 e. The van der Waals surface area contributed by atoms with Gasteiger partial charge in [-0.15, -0.1) is 0 Å². The second kappa shape index (κ2) is 11.0. The van der Waals surface area contributed by atoms with E-state index in [1.165, 1.54) is 0 Å². The van der Waals surface area contributed by atoms with E-state index in [4.69, 9.17) is 9.47 Å². The summed E-state index contributed by atoms with van der Waals surface area (Å²) in [5.41, 5.74) is 2.14. The topological polar surface area (TPSA) is 77.8 Å². The summed E-state index contributed by atoms with van der Waals surface area (Å²) >= 11 is 0. The number of ether oxygens (including phenoxy) is 2. The Morgan fingerprint density at radius 2 is 1.75 bits per heavy atom. The van der Waals surface area contributed by atoms with Crippen LogP contribution in [0.15, 0.2) is 0 Å². The SMILES string of the molecule is CCOCCCN(CC(=O)c1c(C)c(C(=O)OCC)n(C)c1C)C(=O)C(C)C. The van der Waals surface area contributed by atoms with Crippen molar-refractivity contribution >= 4 is 17.7 Å². The number of hydrogen-bond acceptors (Lipinski definition) is 5. The molecule has 0 spiro atoms. The van der Waals surface area contributed by atoms with E-state index in [9.17, 15) is 14.4 Å². The number of ketones is 1. The minimum absolute atomic E-state index is 0.0168. The van der Waals surface area contributed by atoms with Crippen molar-refractivity contribution in [2.45, 2.75) is 48.0 Å². The molecule has 0 unspecified atom stereocenters. The molecular formula is C21H34N2O5. The molecule has 0 radical (unpaired) electrons. The predicted octanol–water partition coefficient (Wildman–Crippen LogP) is 2.91. The van der Waals surface area contributed by atoms with Gasteiger partial charge in [-0.2, -0.15) is 0 Å². The molecule has 0 aliphatic rings. The molecule has 0 aromatic carbocycles. The van der Waals surface area contributed by atoms with E-state index in [1.54, 1.807) is 37.3 Å². The molecule has 0 atom stereocenters. The maximum atomic E-state index is 13.1. The van der Waals surface area contributed by atoms with Crippen molar-refractivity contribution in [3.63, 3.8) is 0 Å². The molecule has 7 nitrogen and oxygen atoms in total. The van der Waals surface area contributed by atoms with Crippen LogP contribution in [-0.2, 0) is 21.3 Å². The molecule has 1 aromatic rings. The quantitative estimate of drug-likeness (QED) is 0.328. The van der Waals surface area contributed by atoms with Gasteiger partial charge >= 0.3 is 5.97 Å². The molecule has 158 valence electrons. The summed E-state index contributed by atoms with van der Waals surface area (Å²) in [6, 6.07) is 0. The van der Waals surface area contributed by atoms with Crippen molar-refractivity contribution < 1.29 is 23.9 Å². The molecule has 0 aliphatic carbocycles. The summed E-state index contributed by atoms with van der Waals surface area (Å²) in [4.78, 5) is 39.5. The number of rotatable bonds is 11. The molecule has 28 heavy (non-hydrogen) atoms. The molecule has 1 rings (SSSR count). The average molecular weight is 395 g/mol. The lowest BCUT2D eigenvalue weighted by Gasteiger charge is -2.24. The largest absolute Gasteiger partial charge is 0.461 e. The van der Waals surface area contributed by atoms with Crippen molar-refractivity contribution in [1.82, 2.24) is 9.47 Å². The summed E-state index contributed by atoms with van der Waals surface area (Å²) in [6.07, 6.45) is 0.667. The Morgan fingerprint density at radius 3 is 2.29 bits per heavy atom. The number of aromatic nitrogens is 1. The van der Waals surface area contributed by atoms with Gasteiger partial charge in [0.15, 0.2) is 5.78 Å². The van der Waals surface area contributed by atoms with Gasteiger partial charge in [0.25, 0.3) is 0 Å². The second-order valence-corrected chi connectivity index (χ2v) is 7.10. The molecule has 0 aliphatic heterocycles. The standard InChI is InChI=1S/C21H34N2O5/c1-8-27-12-10-11-23(20(25)14(3)4)13-17(24)18-15(5)19(21(26)28-9-2)22(7)16(18)6/h14H,8-13H2,1-7H3. The number of Topliss-reactive ketones (excluding diaryl/α,β-unsaturated/α-hetero) is 1. The number of nitrogens with zero attached hydrogens (tertiary/aromatic N) is 2. The Morgan fingerprint density at radius 1 is 1.11 bits per heavy atom. The van der Waals surface area contributed by atoms with E-state index in [1.807, 2.05) is 20.8 Å². The molecule has 1 aromatic heterocycles. The minimum Gasteiger partial charge on any atom is -0.461 e. The van der Waals surface area contributed by atoms with Crippen LogP contribution in [0.4, 0.5) is 0 Å². The summed E-state index contributed by atoms with van der Waals surface area (Å²) in [7, 11) is 1.74. The molecular weight excluding hydrogens is 360 g/mol. The van der Waals surface area contributed by atoms with E-state index in [-0.39, 0.29) is 30.8 Å². The van der Waals surface area contributed by atoms with Gasteiger partial charge in [-0.25, -0.2) is 4.79 Å². The van der Waals surface area contributed by atoms with Gasteiger partial charge in [0, 0.05) is 44.0 Å². The first-order valence-electron chi connectivity index (χ1n) is 9.89. The minimum atomic E-state index is -0.448. The summed E-state index contributed by atoms with van der Waals surface area (Å²) < 4.78 is 12.1. The molecule has 0 bridgehead atoms. The zero-order valence-corrected chi connectivity index (χ0v) is 18.3. The van der Waals surface area contributed by atoms with E-state index in [0.717, 1.165) is 0 Å². The Kier molecular flexibility index (Phi) is 9.38. The lowest BCUT2D eigenvalue weighted by molar-refractivity contribution is -0.134. The fourth-order valence-electron chi connectivity index (χ4n) is 3.26. The van der Waals surface area contributed by atoms with Gasteiger partial charge in [0.05, 0.1) is 13.2 Å². The normalized spacial score (nSPS) is 11.0. The zero-order valence-electron chi connectivity index (χ0n) is 18.3. The summed E-state index contributed by atoms with van der Waals surface area (Å²) in [5, 5.41) is 0. The smallest absolute Gasteiger partial charge is 0.355 e. The van der Waals surface area contributed by atoms with Crippen LogP contribution in [0.1, 0.15) is 66.2 Å². The zero-order chi connectivity index (χ0) is 21.4. The van der Waals surface area contributed by atoms with Crippen molar-refractivity contribution in [1.29, 1.82) is 0 Å². The monoisotopic (exact) mass is 394 g/mol. The third-order valence-electron chi connectivity index (χ3n) is 4.74. The van der Waals surface area contributed by atoms with Crippen LogP contribution in [0.3, 0.4) is 0 Å². The van der Waals surface area contributed by atoms with Crippen molar-refractivity contribution in [3.8, 4) is 0 Å². The Balaban J connectivity index is 3.08. The van der Waals surface area contributed by atoms with Crippen LogP contribution in [0, 0.1) is 19.8 Å². The van der Waals surface area contributed by atoms with Gasteiger partial charge in [-0.05, 0) is 39.7 Å². The van der Waals surface area contributed by atoms with Crippen LogP contribution in [0.5, 0.6) is 0 Å². The highest BCUT2D eigenvalue weighted by Gasteiger charge is 2.28. The third-order valence-corrected chi connectivity index (χ3v) is 4.74. The average Bonchev–Trinajstić information content (AvgIpc) is 2.86. The highest BCUT2D eigenvalue weighted by molar-refractivity contribution is 6.04. The number of amides is 1. The van der Waals surface area contributed by atoms with Crippen molar-refractivity contribution in [2.24, 2.45) is 13.0 Å². The van der Waals surface area contributed by atoms with E-state index < -0.39 is 5.97 Å². The lowest BCUT2D eigenvalue weighted by Crippen LogP contribution is -2.39. The van der Waals surface area contributed by atoms with Crippen LogP contribution >= 0.6 is 0 Å². The van der Waals surface area contributed by atoms with Crippen LogP contribution < -0.4 is 0 Å². The Bertz CT molecular complexity index is 706. The van der Waals surface area contributed by atoms with Gasteiger partial charge in [0.1, 0.15) is 5.69 Å². The predicted molar refractivity (Wildman–Crippen MR) is 108 cm³/mol. The Labute approximate surface area is 168 Å². The molecule has 0 fully saturated rings. The summed E-state index contributed by atoms with van der Waals surface area (Å²) in [5.74, 6) is -0.891. The third kappa shape index (κ3) is 5.67. The van der Waals surface area contributed by atoms with E-state index in [2.05, 4.69) is 0 Å². The second-order valence-electron chi connectivity index (χ2n) is 7.10. The van der Waals surface area contributed by atoms with Crippen LogP contribution in [0.2, 0.25) is 0 Å². The molecule has 1 amide bonds. The van der Waals surface area contributed by atoms with Gasteiger partial charge < -0.3 is 18.9 Å². The Hall–Kier alpha value is -2.15. The number of esters is 1. The van der Waals surface area contributed by atoms with Crippen LogP contribution in [-0.4, -0.2) is 60.0 Å². The van der Waals surface area contributed by atoms with E-state index >= 15 is 0 Å². The first kappa shape index (κ1) is 23.9. The highest BCUT2D eigenvalue weighted by Crippen LogP contribution is 2.23. The van der Waals surface area contributed by atoms with Gasteiger partial charge in [-0.3, -0.25) is 9.59 Å².